The van der Waals surface area contributed by atoms with Crippen LogP contribution in [0.4, 0.5) is 0 Å². The summed E-state index contributed by atoms with van der Waals surface area (Å²) < 4.78 is 0. The molecule has 2 N–H and O–H groups in total. The summed E-state index contributed by atoms with van der Waals surface area (Å²) in [7, 11) is 0. The summed E-state index contributed by atoms with van der Waals surface area (Å²) in [6.45, 7) is 27.5. The summed E-state index contributed by atoms with van der Waals surface area (Å²) >= 11 is 0. The maximum absolute atomic E-state index is 12.8. The Hall–Kier alpha value is -3.52. The number of hydrogen-bond acceptors (Lipinski definition) is 2. The van der Waals surface area contributed by atoms with Crippen molar-refractivity contribution >= 4 is 12.2 Å². The first-order chi connectivity index (χ1) is 52.0. The van der Waals surface area contributed by atoms with Gasteiger partial charge < -0.3 is 10.2 Å². The summed E-state index contributed by atoms with van der Waals surface area (Å²) in [6.07, 6.45) is 107. The van der Waals surface area contributed by atoms with E-state index in [1.54, 1.807) is 0 Å². The van der Waals surface area contributed by atoms with E-state index in [0.717, 1.165) is 90.5 Å². The minimum atomic E-state index is 0.337. The molecule has 2 aromatic rings. The SMILES string of the molecule is C=C(/C=C(\C=C(/C)CC)CCCCCCCCCCCCCCCCCC)Cc1cc(CCCCCCCCCCCCCCCCCC)c(=C\C)/c(=C\c2cc(CCCCCCCCCCCCCCCCCC)cc(CC/C(C)=C/C(=C)CCCCCCCCCCCCCCCCCC)c2O)c1O. The molecule has 106 heavy (non-hydrogen) atoms. The zero-order chi connectivity index (χ0) is 76.7. The molecule has 610 valence electrons. The molecule has 0 saturated heterocycles. The number of aromatic hydroxyl groups is 2. The highest BCUT2D eigenvalue weighted by Crippen LogP contribution is 2.31. The van der Waals surface area contributed by atoms with Gasteiger partial charge in [0.25, 0.3) is 0 Å². The van der Waals surface area contributed by atoms with Crippen molar-refractivity contribution in [2.45, 2.75) is 518 Å². The molecule has 0 atom stereocenters. The van der Waals surface area contributed by atoms with Gasteiger partial charge in [0, 0.05) is 17.2 Å². The zero-order valence-electron chi connectivity index (χ0n) is 72.8. The van der Waals surface area contributed by atoms with Gasteiger partial charge >= 0.3 is 0 Å². The van der Waals surface area contributed by atoms with Crippen molar-refractivity contribution in [2.24, 2.45) is 0 Å². The van der Waals surface area contributed by atoms with Crippen molar-refractivity contribution < 1.29 is 10.2 Å². The van der Waals surface area contributed by atoms with Gasteiger partial charge in [-0.2, -0.15) is 0 Å². The monoisotopic (exact) mass is 1460 g/mol. The number of rotatable bonds is 78. The summed E-state index contributed by atoms with van der Waals surface area (Å²) in [5.74, 6) is 0.703. The zero-order valence-corrected chi connectivity index (χ0v) is 72.8. The van der Waals surface area contributed by atoms with Crippen LogP contribution < -0.4 is 10.4 Å². The van der Waals surface area contributed by atoms with Crippen molar-refractivity contribution in [3.05, 3.63) is 116 Å². The van der Waals surface area contributed by atoms with Crippen LogP contribution in [0.1, 0.15) is 520 Å². The Morgan fingerprint density at radius 1 is 0.292 bits per heavy atom. The fourth-order valence-electron chi connectivity index (χ4n) is 16.6. The van der Waals surface area contributed by atoms with Crippen LogP contribution in [0.5, 0.6) is 11.5 Å². The Balaban J connectivity index is 2.37. The highest BCUT2D eigenvalue weighted by Gasteiger charge is 2.16. The summed E-state index contributed by atoms with van der Waals surface area (Å²) in [5.41, 5.74) is 11.8. The molecule has 0 aliphatic heterocycles. The second-order valence-corrected chi connectivity index (χ2v) is 34.3. The van der Waals surface area contributed by atoms with Crippen molar-refractivity contribution in [1.29, 1.82) is 0 Å². The molecule has 0 aliphatic rings. The molecule has 0 saturated carbocycles. The summed E-state index contributed by atoms with van der Waals surface area (Å²) in [6, 6.07) is 6.92. The van der Waals surface area contributed by atoms with Crippen LogP contribution in [0.2, 0.25) is 0 Å². The first kappa shape index (κ1) is 98.6. The quantitative estimate of drug-likeness (QED) is 0.0512. The van der Waals surface area contributed by atoms with Crippen molar-refractivity contribution in [2.75, 3.05) is 0 Å². The van der Waals surface area contributed by atoms with Crippen LogP contribution in [0, 0.1) is 0 Å². The molecule has 2 rings (SSSR count). The predicted molar refractivity (Wildman–Crippen MR) is 480 cm³/mol. The average Bonchev–Trinajstić information content (AvgIpc) is 0.786. The molecular formula is C104H182O2. The van der Waals surface area contributed by atoms with Gasteiger partial charge in [-0.05, 0) is 137 Å². The van der Waals surface area contributed by atoms with Gasteiger partial charge in [0.05, 0.1) is 0 Å². The molecule has 2 heteroatoms. The number of allylic oxidation sites excluding steroid dienone is 8. The van der Waals surface area contributed by atoms with Crippen LogP contribution in [-0.4, -0.2) is 10.2 Å². The van der Waals surface area contributed by atoms with Gasteiger partial charge in [-0.1, -0.05) is 492 Å². The summed E-state index contributed by atoms with van der Waals surface area (Å²) in [5, 5.41) is 27.4. The van der Waals surface area contributed by atoms with E-state index in [-0.39, 0.29) is 0 Å². The molecule has 0 radical (unpaired) electrons. The molecule has 0 fully saturated rings. The van der Waals surface area contributed by atoms with Crippen LogP contribution >= 0.6 is 0 Å². The Bertz CT molecular complexity index is 2600. The lowest BCUT2D eigenvalue weighted by Gasteiger charge is -2.15. The molecule has 0 amide bonds. The molecule has 0 spiro atoms. The molecule has 0 aromatic heterocycles. The Morgan fingerprint density at radius 2 is 0.623 bits per heavy atom. The lowest BCUT2D eigenvalue weighted by molar-refractivity contribution is 0.462. The molecule has 2 nitrogen and oxygen atoms in total. The molecule has 0 bridgehead atoms. The number of phenols is 2. The fraction of sp³-hybridized carbons (Fsp3) is 0.769. The van der Waals surface area contributed by atoms with E-state index in [9.17, 15) is 10.2 Å². The van der Waals surface area contributed by atoms with Gasteiger partial charge in [0.1, 0.15) is 11.5 Å². The van der Waals surface area contributed by atoms with E-state index >= 15 is 0 Å². The third-order valence-corrected chi connectivity index (χ3v) is 23.7. The third-order valence-electron chi connectivity index (χ3n) is 23.7. The lowest BCUT2D eigenvalue weighted by atomic mass is 9.92. The molecule has 0 aliphatic carbocycles. The van der Waals surface area contributed by atoms with Crippen molar-refractivity contribution in [3.63, 3.8) is 0 Å². The second-order valence-electron chi connectivity index (χ2n) is 34.3. The van der Waals surface area contributed by atoms with Gasteiger partial charge in [-0.25, -0.2) is 0 Å². The third kappa shape index (κ3) is 55.8. The number of phenolic OH excluding ortho intramolecular Hbond substituents is 2. The maximum Gasteiger partial charge on any atom is 0.126 e. The molecule has 0 heterocycles. The topological polar surface area (TPSA) is 40.5 Å². The number of unbranched alkanes of at least 4 members (excludes halogenated alkanes) is 60. The standard InChI is InChI=1S/C104H182O2/c1-11-17-21-25-29-33-37-41-45-49-53-57-61-65-69-73-77-92(8)83-93(9)81-82-98-87-96(79-75-71-67-63-59-55-51-47-43-39-35-31-27-23-19-13-3)88-100(103(98)105)90-102-101(16-6)97(80-76-72-68-64-60-56-52-48-44-40-36-32-28-24-20-14-4)89-99(104(102)106)86-94(10)85-95(84-91(7)15-5)78-74-70-66-62-58-54-50-46-42-38-34-30-26-22-18-12-2/h16,83-85,87-90,105-106H,8,10-15,17-82,86H2,1-7,9H3/b91-84+,93-83+,95-85-,101-16+,102-90+. The molecule has 2 aromatic carbocycles. The smallest absolute Gasteiger partial charge is 0.126 e. The first-order valence-electron chi connectivity index (χ1n) is 47.8. The lowest BCUT2D eigenvalue weighted by Crippen LogP contribution is -2.30. The van der Waals surface area contributed by atoms with Crippen molar-refractivity contribution in [3.8, 4) is 11.5 Å². The second kappa shape index (κ2) is 73.0. The first-order valence-corrected chi connectivity index (χ1v) is 47.8. The Labute approximate surface area is 663 Å². The number of hydrogen-bond donors (Lipinski definition) is 2. The maximum atomic E-state index is 12.8. The van der Waals surface area contributed by atoms with Crippen molar-refractivity contribution in [1.82, 2.24) is 0 Å². The van der Waals surface area contributed by atoms with E-state index in [4.69, 9.17) is 6.58 Å². The Morgan fingerprint density at radius 3 is 0.972 bits per heavy atom. The van der Waals surface area contributed by atoms with Crippen LogP contribution in [0.3, 0.4) is 0 Å². The highest BCUT2D eigenvalue weighted by molar-refractivity contribution is 5.64. The highest BCUT2D eigenvalue weighted by atomic mass is 16.3. The average molecular weight is 1460 g/mol. The van der Waals surface area contributed by atoms with Gasteiger partial charge in [-0.3, -0.25) is 0 Å². The van der Waals surface area contributed by atoms with E-state index in [1.807, 2.05) is 0 Å². The number of benzene rings is 2. The van der Waals surface area contributed by atoms with Crippen LogP contribution in [0.15, 0.2) is 77.5 Å². The fourth-order valence-corrected chi connectivity index (χ4v) is 16.6. The van der Waals surface area contributed by atoms with Gasteiger partial charge in [0.2, 0.25) is 0 Å². The van der Waals surface area contributed by atoms with Gasteiger partial charge in [-0.15, -0.1) is 0 Å². The minimum Gasteiger partial charge on any atom is -0.507 e. The van der Waals surface area contributed by atoms with E-state index in [2.05, 4.69) is 111 Å². The summed E-state index contributed by atoms with van der Waals surface area (Å²) in [4.78, 5) is 0. The predicted octanol–water partition coefficient (Wildman–Crippen LogP) is 34.5. The minimum absolute atomic E-state index is 0.337. The van der Waals surface area contributed by atoms with Gasteiger partial charge in [0.15, 0.2) is 0 Å². The van der Waals surface area contributed by atoms with E-state index < -0.39 is 0 Å². The van der Waals surface area contributed by atoms with Crippen LogP contribution in [-0.2, 0) is 25.7 Å². The van der Waals surface area contributed by atoms with E-state index in [1.165, 1.54) is 432 Å². The number of aryl methyl sites for hydroxylation is 3. The normalized spacial score (nSPS) is 12.7. The van der Waals surface area contributed by atoms with Crippen LogP contribution in [0.25, 0.3) is 12.2 Å². The molecular weight excluding hydrogens is 1280 g/mol. The molecule has 0 unspecified atom stereocenters. The van der Waals surface area contributed by atoms with E-state index in [0.29, 0.717) is 17.9 Å². The largest absolute Gasteiger partial charge is 0.507 e. The Kier molecular flexibility index (Phi) is 67.9.